The van der Waals surface area contributed by atoms with Crippen molar-refractivity contribution in [3.05, 3.63) is 71.3 Å². The van der Waals surface area contributed by atoms with Crippen LogP contribution in [-0.2, 0) is 6.42 Å². The van der Waals surface area contributed by atoms with E-state index in [9.17, 15) is 0 Å². The Balaban J connectivity index is 2.03. The van der Waals surface area contributed by atoms with Crippen molar-refractivity contribution >= 4 is 38.7 Å². The number of pyridine rings is 1. The maximum Gasteiger partial charge on any atom is 0.0790 e. The summed E-state index contributed by atoms with van der Waals surface area (Å²) in [5, 5.41) is 5.04. The van der Waals surface area contributed by atoms with E-state index >= 15 is 0 Å². The van der Waals surface area contributed by atoms with Gasteiger partial charge in [-0.15, -0.1) is 0 Å². The third-order valence-corrected chi connectivity index (χ3v) is 5.10. The number of allylic oxidation sites excluding steroid dienone is 1. The lowest BCUT2D eigenvalue weighted by Gasteiger charge is -2.16. The largest absolute Gasteiger partial charge is 0.246 e. The molecule has 0 bridgehead atoms. The van der Waals surface area contributed by atoms with E-state index in [4.69, 9.17) is 4.98 Å². The summed E-state index contributed by atoms with van der Waals surface area (Å²) in [7, 11) is 0. The molecule has 110 valence electrons. The lowest BCUT2D eigenvalue weighted by atomic mass is 9.92. The van der Waals surface area contributed by atoms with Gasteiger partial charge in [-0.3, -0.25) is 0 Å². The van der Waals surface area contributed by atoms with Crippen molar-refractivity contribution in [1.29, 1.82) is 0 Å². The van der Waals surface area contributed by atoms with E-state index in [1.165, 1.54) is 38.2 Å². The van der Waals surface area contributed by atoms with Gasteiger partial charge in [-0.25, -0.2) is 4.98 Å². The van der Waals surface area contributed by atoms with Crippen molar-refractivity contribution in [3.63, 3.8) is 0 Å². The first-order chi connectivity index (χ1) is 11.3. The fourth-order valence-corrected chi connectivity index (χ4v) is 3.85. The van der Waals surface area contributed by atoms with Crippen LogP contribution in [0, 0.1) is 6.92 Å². The number of rotatable bonds is 0. The second-order valence-corrected chi connectivity index (χ2v) is 6.40. The third kappa shape index (κ3) is 1.77. The van der Waals surface area contributed by atoms with Crippen LogP contribution in [0.4, 0.5) is 0 Å². The molecule has 5 rings (SSSR count). The van der Waals surface area contributed by atoms with Gasteiger partial charge >= 0.3 is 0 Å². The van der Waals surface area contributed by atoms with E-state index in [2.05, 4.69) is 67.6 Å². The molecule has 0 atom stereocenters. The molecule has 0 saturated carbocycles. The molecule has 0 N–H and O–H groups in total. The highest BCUT2D eigenvalue weighted by atomic mass is 14.7. The Labute approximate surface area is 135 Å². The Kier molecular flexibility index (Phi) is 2.60. The fourth-order valence-electron chi connectivity index (χ4n) is 3.85. The van der Waals surface area contributed by atoms with E-state index in [1.807, 2.05) is 0 Å². The van der Waals surface area contributed by atoms with Crippen LogP contribution in [0.2, 0.25) is 0 Å². The molecule has 1 heterocycles. The first-order valence-electron chi connectivity index (χ1n) is 8.23. The highest BCUT2D eigenvalue weighted by Gasteiger charge is 2.14. The molecule has 0 spiro atoms. The van der Waals surface area contributed by atoms with Crippen LogP contribution in [-0.4, -0.2) is 4.98 Å². The van der Waals surface area contributed by atoms with Crippen molar-refractivity contribution < 1.29 is 0 Å². The maximum atomic E-state index is 5.13. The lowest BCUT2D eigenvalue weighted by Crippen LogP contribution is -1.98. The van der Waals surface area contributed by atoms with Crippen molar-refractivity contribution in [3.8, 4) is 0 Å². The minimum atomic E-state index is 1.12. The molecule has 0 fully saturated rings. The average Bonchev–Trinajstić information content (AvgIpc) is 2.61. The fraction of sp³-hybridized carbons (Fsp3) is 0.136. The predicted octanol–water partition coefficient (Wildman–Crippen LogP) is 5.81. The molecule has 0 amide bonds. The van der Waals surface area contributed by atoms with Crippen molar-refractivity contribution in [2.24, 2.45) is 0 Å². The summed E-state index contributed by atoms with van der Waals surface area (Å²) < 4.78 is 0. The number of fused-ring (bicyclic) bond motifs is 6. The molecule has 0 saturated heterocycles. The Bertz CT molecular complexity index is 1120. The molecule has 3 aromatic carbocycles. The standard InChI is InChI=1S/C22H17N/c1-14-17-12-10-15-6-2-4-8-19(15)21(17)23-22-18(14)13-11-16-7-3-5-9-20(16)22/h2,4-6,8-13H,3,7H2,1H3. The van der Waals surface area contributed by atoms with Crippen LogP contribution < -0.4 is 0 Å². The molecule has 1 aliphatic rings. The summed E-state index contributed by atoms with van der Waals surface area (Å²) in [6.07, 6.45) is 6.78. The number of hydrogen-bond donors (Lipinski definition) is 0. The predicted molar refractivity (Wildman–Crippen MR) is 98.8 cm³/mol. The van der Waals surface area contributed by atoms with Gasteiger partial charge in [0.05, 0.1) is 11.0 Å². The Hall–Kier alpha value is -2.67. The van der Waals surface area contributed by atoms with Crippen LogP contribution in [0.3, 0.4) is 0 Å². The average molecular weight is 295 g/mol. The molecule has 1 aromatic heterocycles. The molecular formula is C22H17N. The number of hydrogen-bond acceptors (Lipinski definition) is 1. The van der Waals surface area contributed by atoms with Crippen LogP contribution in [0.1, 0.15) is 23.1 Å². The Morgan fingerprint density at radius 3 is 2.61 bits per heavy atom. The van der Waals surface area contributed by atoms with Gasteiger partial charge in [0, 0.05) is 21.7 Å². The third-order valence-electron chi connectivity index (χ3n) is 5.10. The molecule has 4 aromatic rings. The van der Waals surface area contributed by atoms with Crippen LogP contribution in [0.5, 0.6) is 0 Å². The van der Waals surface area contributed by atoms with Crippen molar-refractivity contribution in [2.45, 2.75) is 19.8 Å². The van der Waals surface area contributed by atoms with Crippen molar-refractivity contribution in [2.75, 3.05) is 0 Å². The van der Waals surface area contributed by atoms with Gasteiger partial charge in [0.2, 0.25) is 0 Å². The molecule has 1 heteroatoms. The van der Waals surface area contributed by atoms with Gasteiger partial charge in [0.15, 0.2) is 0 Å². The second kappa shape index (κ2) is 4.66. The summed E-state index contributed by atoms with van der Waals surface area (Å²) in [6, 6.07) is 17.5. The Morgan fingerprint density at radius 2 is 1.65 bits per heavy atom. The van der Waals surface area contributed by atoms with Gasteiger partial charge in [0.25, 0.3) is 0 Å². The highest BCUT2D eigenvalue weighted by molar-refractivity contribution is 6.11. The smallest absolute Gasteiger partial charge is 0.0790 e. The van der Waals surface area contributed by atoms with Gasteiger partial charge in [0.1, 0.15) is 0 Å². The molecule has 1 aliphatic carbocycles. The van der Waals surface area contributed by atoms with E-state index in [0.29, 0.717) is 0 Å². The SMILES string of the molecule is Cc1c2ccc3c(c2nc2c1ccc1ccccc12)C=CCC3. The summed E-state index contributed by atoms with van der Waals surface area (Å²) in [5.74, 6) is 0. The van der Waals surface area contributed by atoms with Gasteiger partial charge in [-0.1, -0.05) is 60.7 Å². The van der Waals surface area contributed by atoms with Gasteiger partial charge in [-0.2, -0.15) is 0 Å². The van der Waals surface area contributed by atoms with Gasteiger partial charge in [-0.05, 0) is 36.3 Å². The molecule has 1 nitrogen and oxygen atoms in total. The molecule has 0 unspecified atom stereocenters. The minimum absolute atomic E-state index is 1.12. The number of benzene rings is 3. The zero-order chi connectivity index (χ0) is 15.4. The zero-order valence-electron chi connectivity index (χ0n) is 13.1. The maximum absolute atomic E-state index is 5.13. The monoisotopic (exact) mass is 295 g/mol. The molecular weight excluding hydrogens is 278 g/mol. The van der Waals surface area contributed by atoms with Crippen LogP contribution in [0.25, 0.3) is 38.7 Å². The Morgan fingerprint density at radius 1 is 0.826 bits per heavy atom. The highest BCUT2D eigenvalue weighted by Crippen LogP contribution is 2.34. The number of aryl methyl sites for hydroxylation is 2. The lowest BCUT2D eigenvalue weighted by molar-refractivity contribution is 0.988. The minimum Gasteiger partial charge on any atom is -0.246 e. The van der Waals surface area contributed by atoms with E-state index in [-0.39, 0.29) is 0 Å². The van der Waals surface area contributed by atoms with E-state index < -0.39 is 0 Å². The van der Waals surface area contributed by atoms with Crippen LogP contribution in [0.15, 0.2) is 54.6 Å². The summed E-state index contributed by atoms with van der Waals surface area (Å²) in [5.41, 5.74) is 6.34. The number of nitrogens with zero attached hydrogens (tertiary/aromatic N) is 1. The second-order valence-electron chi connectivity index (χ2n) is 6.40. The molecule has 23 heavy (non-hydrogen) atoms. The first kappa shape index (κ1) is 12.8. The zero-order valence-corrected chi connectivity index (χ0v) is 13.1. The normalized spacial score (nSPS) is 13.8. The van der Waals surface area contributed by atoms with Crippen LogP contribution >= 0.6 is 0 Å². The van der Waals surface area contributed by atoms with E-state index in [0.717, 1.165) is 23.9 Å². The number of aromatic nitrogens is 1. The van der Waals surface area contributed by atoms with E-state index in [1.54, 1.807) is 0 Å². The quantitative estimate of drug-likeness (QED) is 0.295. The molecule has 0 radical (unpaired) electrons. The summed E-state index contributed by atoms with van der Waals surface area (Å²) in [4.78, 5) is 5.13. The molecule has 0 aliphatic heterocycles. The topological polar surface area (TPSA) is 12.9 Å². The van der Waals surface area contributed by atoms with Gasteiger partial charge < -0.3 is 0 Å². The first-order valence-corrected chi connectivity index (χ1v) is 8.23. The summed E-state index contributed by atoms with van der Waals surface area (Å²) in [6.45, 7) is 2.22. The van der Waals surface area contributed by atoms with Crippen molar-refractivity contribution in [1.82, 2.24) is 4.98 Å². The summed E-state index contributed by atoms with van der Waals surface area (Å²) >= 11 is 0.